The minimum atomic E-state index is -0.387. The number of rotatable bonds is 4. The molecule has 22 heavy (non-hydrogen) atoms. The van der Waals surface area contributed by atoms with Gasteiger partial charge in [0.15, 0.2) is 0 Å². The molecule has 1 amide bonds. The molecular weight excluding hydrogens is 276 g/mol. The maximum Gasteiger partial charge on any atom is 0.248 e. The zero-order valence-corrected chi connectivity index (χ0v) is 12.7. The highest BCUT2D eigenvalue weighted by atomic mass is 16.5. The molecule has 0 atom stereocenters. The standard InChI is InChI=1S/C18H20N2O2/c1-22-16-8-9-17-15(11-16)3-2-10-20(17)12-13-4-6-14(7-5-13)18(19)21/h4-9,11H,2-3,10,12H2,1H3,(H2,19,21). The molecular formula is C18H20N2O2. The van der Waals surface area contributed by atoms with Crippen molar-refractivity contribution in [2.24, 2.45) is 5.73 Å². The van der Waals surface area contributed by atoms with Crippen molar-refractivity contribution in [3.8, 4) is 5.75 Å². The van der Waals surface area contributed by atoms with Crippen LogP contribution >= 0.6 is 0 Å². The molecule has 2 aromatic carbocycles. The van der Waals surface area contributed by atoms with Crippen molar-refractivity contribution in [2.45, 2.75) is 19.4 Å². The van der Waals surface area contributed by atoms with E-state index in [9.17, 15) is 4.79 Å². The number of amides is 1. The lowest BCUT2D eigenvalue weighted by Crippen LogP contribution is -2.28. The number of hydrogen-bond acceptors (Lipinski definition) is 3. The van der Waals surface area contributed by atoms with Gasteiger partial charge in [-0.3, -0.25) is 4.79 Å². The van der Waals surface area contributed by atoms with Crippen molar-refractivity contribution >= 4 is 11.6 Å². The molecule has 0 aliphatic carbocycles. The predicted octanol–water partition coefficient (Wildman–Crippen LogP) is 2.75. The molecule has 4 nitrogen and oxygen atoms in total. The molecule has 0 radical (unpaired) electrons. The van der Waals surface area contributed by atoms with E-state index in [0.717, 1.165) is 31.7 Å². The van der Waals surface area contributed by atoms with E-state index in [4.69, 9.17) is 10.5 Å². The summed E-state index contributed by atoms with van der Waals surface area (Å²) in [7, 11) is 1.70. The maximum absolute atomic E-state index is 11.1. The van der Waals surface area contributed by atoms with Crippen LogP contribution in [0.2, 0.25) is 0 Å². The Hall–Kier alpha value is -2.49. The lowest BCUT2D eigenvalue weighted by molar-refractivity contribution is 0.100. The van der Waals surface area contributed by atoms with Gasteiger partial charge in [-0.2, -0.15) is 0 Å². The quantitative estimate of drug-likeness (QED) is 0.944. The number of fused-ring (bicyclic) bond motifs is 1. The Morgan fingerprint density at radius 2 is 2.00 bits per heavy atom. The molecule has 0 spiro atoms. The normalized spacial score (nSPS) is 13.6. The molecule has 0 saturated heterocycles. The number of aryl methyl sites for hydroxylation is 1. The third-order valence-electron chi connectivity index (χ3n) is 4.11. The average molecular weight is 296 g/mol. The van der Waals surface area contributed by atoms with Crippen LogP contribution in [0.1, 0.15) is 27.9 Å². The van der Waals surface area contributed by atoms with Crippen molar-refractivity contribution in [1.29, 1.82) is 0 Å². The second kappa shape index (κ2) is 6.10. The molecule has 0 bridgehead atoms. The van der Waals surface area contributed by atoms with Gasteiger partial charge in [0, 0.05) is 24.3 Å². The number of methoxy groups -OCH3 is 1. The minimum absolute atomic E-state index is 0.387. The van der Waals surface area contributed by atoms with E-state index >= 15 is 0 Å². The van der Waals surface area contributed by atoms with E-state index in [0.29, 0.717) is 5.56 Å². The molecule has 4 heteroatoms. The topological polar surface area (TPSA) is 55.6 Å². The Morgan fingerprint density at radius 3 is 2.68 bits per heavy atom. The zero-order chi connectivity index (χ0) is 15.5. The Bertz CT molecular complexity index is 680. The molecule has 2 aromatic rings. The number of nitrogens with two attached hydrogens (primary N) is 1. The first-order valence-corrected chi connectivity index (χ1v) is 7.48. The molecule has 0 unspecified atom stereocenters. The molecule has 114 valence electrons. The zero-order valence-electron chi connectivity index (χ0n) is 12.7. The Morgan fingerprint density at radius 1 is 1.23 bits per heavy atom. The Balaban J connectivity index is 1.81. The van der Waals surface area contributed by atoms with Gasteiger partial charge in [0.05, 0.1) is 7.11 Å². The summed E-state index contributed by atoms with van der Waals surface area (Å²) in [6, 6.07) is 13.8. The van der Waals surface area contributed by atoms with Crippen molar-refractivity contribution in [3.63, 3.8) is 0 Å². The van der Waals surface area contributed by atoms with Crippen molar-refractivity contribution in [1.82, 2.24) is 0 Å². The van der Waals surface area contributed by atoms with E-state index in [2.05, 4.69) is 17.0 Å². The fourth-order valence-electron chi connectivity index (χ4n) is 2.94. The van der Waals surface area contributed by atoms with Gasteiger partial charge in [0.1, 0.15) is 5.75 Å². The van der Waals surface area contributed by atoms with Crippen LogP contribution in [-0.2, 0) is 13.0 Å². The maximum atomic E-state index is 11.1. The largest absolute Gasteiger partial charge is 0.497 e. The van der Waals surface area contributed by atoms with E-state index in [1.54, 1.807) is 19.2 Å². The van der Waals surface area contributed by atoms with Gasteiger partial charge < -0.3 is 15.4 Å². The summed E-state index contributed by atoms with van der Waals surface area (Å²) in [5, 5.41) is 0. The summed E-state index contributed by atoms with van der Waals surface area (Å²) in [5.41, 5.74) is 9.60. The second-order valence-corrected chi connectivity index (χ2v) is 5.58. The summed E-state index contributed by atoms with van der Waals surface area (Å²) in [6.07, 6.45) is 2.23. The van der Waals surface area contributed by atoms with Crippen LogP contribution < -0.4 is 15.4 Å². The van der Waals surface area contributed by atoms with Crippen LogP contribution in [-0.4, -0.2) is 19.6 Å². The van der Waals surface area contributed by atoms with Gasteiger partial charge in [0.25, 0.3) is 0 Å². The van der Waals surface area contributed by atoms with Crippen LogP contribution in [0.3, 0.4) is 0 Å². The van der Waals surface area contributed by atoms with Gasteiger partial charge >= 0.3 is 0 Å². The number of ether oxygens (including phenoxy) is 1. The van der Waals surface area contributed by atoms with Crippen LogP contribution in [0.15, 0.2) is 42.5 Å². The average Bonchev–Trinajstić information content (AvgIpc) is 2.55. The van der Waals surface area contributed by atoms with Crippen molar-refractivity contribution in [2.75, 3.05) is 18.6 Å². The number of benzene rings is 2. The van der Waals surface area contributed by atoms with Gasteiger partial charge in [-0.1, -0.05) is 12.1 Å². The van der Waals surface area contributed by atoms with Gasteiger partial charge in [-0.25, -0.2) is 0 Å². The van der Waals surface area contributed by atoms with Crippen LogP contribution in [0.5, 0.6) is 5.75 Å². The predicted molar refractivity (Wildman–Crippen MR) is 87.3 cm³/mol. The summed E-state index contributed by atoms with van der Waals surface area (Å²) < 4.78 is 5.31. The van der Waals surface area contributed by atoms with Gasteiger partial charge in [0.2, 0.25) is 5.91 Å². The SMILES string of the molecule is COc1ccc2c(c1)CCCN2Cc1ccc(C(N)=O)cc1. The molecule has 1 aliphatic heterocycles. The third kappa shape index (κ3) is 2.91. The lowest BCUT2D eigenvalue weighted by atomic mass is 10.0. The van der Waals surface area contributed by atoms with Crippen molar-refractivity contribution < 1.29 is 9.53 Å². The van der Waals surface area contributed by atoms with E-state index < -0.39 is 0 Å². The van der Waals surface area contributed by atoms with Crippen LogP contribution in [0.25, 0.3) is 0 Å². The number of anilines is 1. The highest BCUT2D eigenvalue weighted by molar-refractivity contribution is 5.92. The Labute approximate surface area is 130 Å². The van der Waals surface area contributed by atoms with Crippen molar-refractivity contribution in [3.05, 3.63) is 59.2 Å². The summed E-state index contributed by atoms with van der Waals surface area (Å²) >= 11 is 0. The molecule has 1 heterocycles. The van der Waals surface area contributed by atoms with Crippen LogP contribution in [0, 0.1) is 0 Å². The molecule has 1 aliphatic rings. The van der Waals surface area contributed by atoms with Gasteiger partial charge in [-0.15, -0.1) is 0 Å². The number of nitrogens with zero attached hydrogens (tertiary/aromatic N) is 1. The van der Waals surface area contributed by atoms with E-state index in [1.165, 1.54) is 16.8 Å². The summed E-state index contributed by atoms with van der Waals surface area (Å²) in [5.74, 6) is 0.522. The number of carbonyl (C=O) groups excluding carboxylic acids is 1. The minimum Gasteiger partial charge on any atom is -0.497 e. The first-order valence-electron chi connectivity index (χ1n) is 7.48. The molecule has 0 aromatic heterocycles. The Kier molecular flexibility index (Phi) is 4.00. The summed E-state index contributed by atoms with van der Waals surface area (Å²) in [4.78, 5) is 13.5. The smallest absolute Gasteiger partial charge is 0.248 e. The monoisotopic (exact) mass is 296 g/mol. The van der Waals surface area contributed by atoms with E-state index in [-0.39, 0.29) is 5.91 Å². The number of primary amides is 1. The molecule has 0 saturated carbocycles. The van der Waals surface area contributed by atoms with E-state index in [1.807, 2.05) is 18.2 Å². The third-order valence-corrected chi connectivity index (χ3v) is 4.11. The first-order chi connectivity index (χ1) is 10.7. The fraction of sp³-hybridized carbons (Fsp3) is 0.278. The highest BCUT2D eigenvalue weighted by Gasteiger charge is 2.17. The number of hydrogen-bond donors (Lipinski definition) is 1. The lowest BCUT2D eigenvalue weighted by Gasteiger charge is -2.31. The first kappa shape index (κ1) is 14.4. The van der Waals surface area contributed by atoms with Crippen LogP contribution in [0.4, 0.5) is 5.69 Å². The molecule has 3 rings (SSSR count). The summed E-state index contributed by atoms with van der Waals surface area (Å²) in [6.45, 7) is 1.87. The fourth-order valence-corrected chi connectivity index (χ4v) is 2.94. The highest BCUT2D eigenvalue weighted by Crippen LogP contribution is 2.31. The second-order valence-electron chi connectivity index (χ2n) is 5.58. The molecule has 2 N–H and O–H groups in total. The number of carbonyl (C=O) groups is 1. The molecule has 0 fully saturated rings. The van der Waals surface area contributed by atoms with Gasteiger partial charge in [-0.05, 0) is 54.3 Å².